The lowest BCUT2D eigenvalue weighted by atomic mass is 10.0. The Kier molecular flexibility index (Phi) is 5.31. The highest BCUT2D eigenvalue weighted by molar-refractivity contribution is 5.92. The largest absolute Gasteiger partial charge is 0.364 e. The molecule has 0 saturated carbocycles. The van der Waals surface area contributed by atoms with E-state index in [1.165, 1.54) is 6.26 Å². The summed E-state index contributed by atoms with van der Waals surface area (Å²) >= 11 is 0. The Morgan fingerprint density at radius 1 is 1.32 bits per heavy atom. The van der Waals surface area contributed by atoms with Gasteiger partial charge in [0, 0.05) is 43.5 Å². The number of anilines is 1. The second-order valence-electron chi connectivity index (χ2n) is 6.52. The van der Waals surface area contributed by atoms with E-state index < -0.39 is 0 Å². The van der Waals surface area contributed by atoms with E-state index in [9.17, 15) is 4.79 Å². The molecule has 0 unspecified atom stereocenters. The third-order valence-corrected chi connectivity index (χ3v) is 4.56. The number of rotatable bonds is 5. The van der Waals surface area contributed by atoms with E-state index in [1.54, 1.807) is 6.07 Å². The summed E-state index contributed by atoms with van der Waals surface area (Å²) in [5.74, 6) is 1.74. The number of hydrogen-bond donors (Lipinski definition) is 0. The van der Waals surface area contributed by atoms with Crippen molar-refractivity contribution >= 4 is 11.7 Å². The minimum atomic E-state index is -0.0391. The molecule has 2 aromatic rings. The molecule has 0 aromatic carbocycles. The van der Waals surface area contributed by atoms with Crippen LogP contribution in [0, 0.1) is 13.8 Å². The quantitative estimate of drug-likeness (QED) is 0.831. The first kappa shape index (κ1) is 17.4. The van der Waals surface area contributed by atoms with Gasteiger partial charge in [0.1, 0.15) is 17.9 Å². The molecule has 1 amide bonds. The maximum atomic E-state index is 12.7. The van der Waals surface area contributed by atoms with Crippen LogP contribution >= 0.6 is 0 Å². The molecule has 0 radical (unpaired) electrons. The molecule has 25 heavy (non-hydrogen) atoms. The van der Waals surface area contributed by atoms with Gasteiger partial charge in [0.15, 0.2) is 5.69 Å². The number of carbonyl (C=O) groups excluding carboxylic acids is 1. The van der Waals surface area contributed by atoms with Crippen LogP contribution in [0.4, 0.5) is 5.82 Å². The van der Waals surface area contributed by atoms with Crippen molar-refractivity contribution in [3.63, 3.8) is 0 Å². The summed E-state index contributed by atoms with van der Waals surface area (Å²) in [4.78, 5) is 25.8. The lowest BCUT2D eigenvalue weighted by Gasteiger charge is -2.38. The van der Waals surface area contributed by atoms with Crippen molar-refractivity contribution in [3.05, 3.63) is 35.6 Å². The molecule has 1 aliphatic heterocycles. The minimum Gasteiger partial charge on any atom is -0.364 e. The second kappa shape index (κ2) is 7.63. The zero-order valence-corrected chi connectivity index (χ0v) is 15.1. The fourth-order valence-electron chi connectivity index (χ4n) is 3.43. The molecule has 134 valence electrons. The predicted octanol–water partition coefficient (Wildman–Crippen LogP) is 2.60. The SMILES string of the molecule is CCCN(C(=O)c1ccon1)C1CCN(c2cc(C)nc(C)n2)CC1. The average Bonchev–Trinajstić information content (AvgIpc) is 3.13. The summed E-state index contributed by atoms with van der Waals surface area (Å²) in [6.07, 6.45) is 4.21. The van der Waals surface area contributed by atoms with Gasteiger partial charge in [-0.1, -0.05) is 12.1 Å². The van der Waals surface area contributed by atoms with Crippen LogP contribution in [-0.2, 0) is 0 Å². The van der Waals surface area contributed by atoms with E-state index in [4.69, 9.17) is 4.52 Å². The highest BCUT2D eigenvalue weighted by Crippen LogP contribution is 2.23. The maximum absolute atomic E-state index is 12.7. The monoisotopic (exact) mass is 343 g/mol. The molecule has 2 aromatic heterocycles. The van der Waals surface area contributed by atoms with E-state index in [0.29, 0.717) is 5.69 Å². The molecule has 0 bridgehead atoms. The molecule has 0 spiro atoms. The third kappa shape index (κ3) is 3.97. The fourth-order valence-corrected chi connectivity index (χ4v) is 3.43. The van der Waals surface area contributed by atoms with Gasteiger partial charge in [0.25, 0.3) is 5.91 Å². The van der Waals surface area contributed by atoms with Crippen molar-refractivity contribution in [2.45, 2.75) is 46.1 Å². The van der Waals surface area contributed by atoms with E-state index in [0.717, 1.165) is 56.2 Å². The normalized spacial score (nSPS) is 15.4. The smallest absolute Gasteiger partial charge is 0.276 e. The van der Waals surface area contributed by atoms with Crippen molar-refractivity contribution in [2.75, 3.05) is 24.5 Å². The Morgan fingerprint density at radius 2 is 2.08 bits per heavy atom. The Bertz CT molecular complexity index is 688. The first-order valence-corrected chi connectivity index (χ1v) is 8.87. The van der Waals surface area contributed by atoms with Crippen LogP contribution in [0.25, 0.3) is 0 Å². The molecule has 0 N–H and O–H groups in total. The van der Waals surface area contributed by atoms with Crippen LogP contribution in [0.1, 0.15) is 48.2 Å². The highest BCUT2D eigenvalue weighted by atomic mass is 16.5. The van der Waals surface area contributed by atoms with Gasteiger partial charge < -0.3 is 14.3 Å². The summed E-state index contributed by atoms with van der Waals surface area (Å²) in [6.45, 7) is 8.50. The van der Waals surface area contributed by atoms with E-state index in [1.807, 2.05) is 24.8 Å². The topological polar surface area (TPSA) is 75.4 Å². The highest BCUT2D eigenvalue weighted by Gasteiger charge is 2.29. The Labute approximate surface area is 148 Å². The Balaban J connectivity index is 1.68. The number of aryl methyl sites for hydroxylation is 2. The molecular weight excluding hydrogens is 318 g/mol. The van der Waals surface area contributed by atoms with Gasteiger partial charge in [-0.3, -0.25) is 4.79 Å². The molecule has 1 aliphatic rings. The third-order valence-electron chi connectivity index (χ3n) is 4.56. The number of amides is 1. The first-order chi connectivity index (χ1) is 12.1. The molecule has 7 heteroatoms. The molecule has 1 fully saturated rings. The van der Waals surface area contributed by atoms with Gasteiger partial charge in [-0.15, -0.1) is 0 Å². The molecular formula is C18H25N5O2. The molecule has 1 saturated heterocycles. The van der Waals surface area contributed by atoms with Crippen molar-refractivity contribution < 1.29 is 9.32 Å². The van der Waals surface area contributed by atoms with Crippen LogP contribution in [0.3, 0.4) is 0 Å². The fraction of sp³-hybridized carbons (Fsp3) is 0.556. The molecule has 0 atom stereocenters. The number of carbonyl (C=O) groups is 1. The standard InChI is InChI=1S/C18H25N5O2/c1-4-8-23(18(24)16-7-11-25-21-16)15-5-9-22(10-6-15)17-12-13(2)19-14(3)20-17/h7,11-12,15H,4-6,8-10H2,1-3H3. The second-order valence-corrected chi connectivity index (χ2v) is 6.52. The summed E-state index contributed by atoms with van der Waals surface area (Å²) < 4.78 is 4.83. The van der Waals surface area contributed by atoms with Gasteiger partial charge in [-0.05, 0) is 33.1 Å². The number of piperidine rings is 1. The summed E-state index contributed by atoms with van der Waals surface area (Å²) in [6, 6.07) is 3.88. The van der Waals surface area contributed by atoms with Crippen molar-refractivity contribution in [1.29, 1.82) is 0 Å². The van der Waals surface area contributed by atoms with Gasteiger partial charge >= 0.3 is 0 Å². The maximum Gasteiger partial charge on any atom is 0.276 e. The van der Waals surface area contributed by atoms with Crippen LogP contribution in [-0.4, -0.2) is 51.6 Å². The minimum absolute atomic E-state index is 0.0391. The lowest BCUT2D eigenvalue weighted by molar-refractivity contribution is 0.0639. The zero-order chi connectivity index (χ0) is 17.8. The molecule has 3 heterocycles. The van der Waals surface area contributed by atoms with Crippen LogP contribution in [0.15, 0.2) is 22.9 Å². The zero-order valence-electron chi connectivity index (χ0n) is 15.1. The van der Waals surface area contributed by atoms with Crippen molar-refractivity contribution in [1.82, 2.24) is 20.0 Å². The average molecular weight is 343 g/mol. The van der Waals surface area contributed by atoms with E-state index in [-0.39, 0.29) is 11.9 Å². The van der Waals surface area contributed by atoms with E-state index >= 15 is 0 Å². The molecule has 3 rings (SSSR count). The lowest BCUT2D eigenvalue weighted by Crippen LogP contribution is -2.48. The number of hydrogen-bond acceptors (Lipinski definition) is 6. The number of aromatic nitrogens is 3. The van der Waals surface area contributed by atoms with Gasteiger partial charge in [0.05, 0.1) is 0 Å². The van der Waals surface area contributed by atoms with Crippen LogP contribution in [0.2, 0.25) is 0 Å². The summed E-state index contributed by atoms with van der Waals surface area (Å²) in [5, 5.41) is 3.80. The van der Waals surface area contributed by atoms with E-state index in [2.05, 4.69) is 26.9 Å². The Morgan fingerprint density at radius 3 is 2.68 bits per heavy atom. The Hall–Kier alpha value is -2.44. The van der Waals surface area contributed by atoms with Gasteiger partial charge in [-0.2, -0.15) is 0 Å². The number of nitrogens with zero attached hydrogens (tertiary/aromatic N) is 5. The van der Waals surface area contributed by atoms with Crippen molar-refractivity contribution in [3.8, 4) is 0 Å². The van der Waals surface area contributed by atoms with Crippen LogP contribution in [0.5, 0.6) is 0 Å². The summed E-state index contributed by atoms with van der Waals surface area (Å²) in [5.41, 5.74) is 1.37. The first-order valence-electron chi connectivity index (χ1n) is 8.87. The van der Waals surface area contributed by atoms with Gasteiger partial charge in [0.2, 0.25) is 0 Å². The molecule has 7 nitrogen and oxygen atoms in total. The van der Waals surface area contributed by atoms with Crippen LogP contribution < -0.4 is 4.90 Å². The molecule has 0 aliphatic carbocycles. The predicted molar refractivity (Wildman–Crippen MR) is 94.6 cm³/mol. The van der Waals surface area contributed by atoms with Gasteiger partial charge in [-0.25, -0.2) is 9.97 Å². The van der Waals surface area contributed by atoms with Crippen molar-refractivity contribution in [2.24, 2.45) is 0 Å². The summed E-state index contributed by atoms with van der Waals surface area (Å²) in [7, 11) is 0.